The monoisotopic (exact) mass is 245 g/mol. The van der Waals surface area contributed by atoms with Crippen LogP contribution in [-0.2, 0) is 0 Å². The van der Waals surface area contributed by atoms with Gasteiger partial charge in [-0.3, -0.25) is 0 Å². The number of halogens is 1. The zero-order valence-corrected chi connectivity index (χ0v) is 10.1. The van der Waals surface area contributed by atoms with Crippen molar-refractivity contribution in [3.8, 4) is 0 Å². The summed E-state index contributed by atoms with van der Waals surface area (Å²) >= 11 is 7.24. The standard InChI is InChI=1S/C10H12ClNO2S/c1-6(2)5-15-9-4-7(10(13)14)3-8(11)12-9/h3-4,6H,5H2,1-2H3,(H,13,14). The van der Waals surface area contributed by atoms with Gasteiger partial charge in [0.05, 0.1) is 10.6 Å². The third-order valence-corrected chi connectivity index (χ3v) is 3.11. The number of aromatic carboxylic acids is 1. The van der Waals surface area contributed by atoms with Crippen molar-refractivity contribution in [3.63, 3.8) is 0 Å². The molecule has 0 aliphatic heterocycles. The number of carboxylic acids is 1. The number of aromatic nitrogens is 1. The largest absolute Gasteiger partial charge is 0.478 e. The molecule has 0 aliphatic carbocycles. The van der Waals surface area contributed by atoms with Crippen LogP contribution in [0.3, 0.4) is 0 Å². The third kappa shape index (κ3) is 4.10. The second-order valence-corrected chi connectivity index (χ2v) is 4.95. The van der Waals surface area contributed by atoms with Crippen LogP contribution in [0.1, 0.15) is 24.2 Å². The molecule has 0 radical (unpaired) electrons. The molecule has 3 nitrogen and oxygen atoms in total. The fourth-order valence-electron chi connectivity index (χ4n) is 0.922. The highest BCUT2D eigenvalue weighted by atomic mass is 35.5. The van der Waals surface area contributed by atoms with Crippen molar-refractivity contribution in [1.82, 2.24) is 4.98 Å². The van der Waals surface area contributed by atoms with Gasteiger partial charge >= 0.3 is 5.97 Å². The highest BCUT2D eigenvalue weighted by Gasteiger charge is 2.08. The molecular formula is C10H12ClNO2S. The summed E-state index contributed by atoms with van der Waals surface area (Å²) < 4.78 is 0. The Balaban J connectivity index is 2.84. The second-order valence-electron chi connectivity index (χ2n) is 3.53. The molecule has 1 heterocycles. The minimum Gasteiger partial charge on any atom is -0.478 e. The fourth-order valence-corrected chi connectivity index (χ4v) is 2.06. The molecule has 1 rings (SSSR count). The van der Waals surface area contributed by atoms with Crippen LogP contribution >= 0.6 is 23.4 Å². The average Bonchev–Trinajstić information content (AvgIpc) is 2.13. The predicted octanol–water partition coefficient (Wildman–Crippen LogP) is 3.18. The number of pyridine rings is 1. The van der Waals surface area contributed by atoms with Crippen molar-refractivity contribution >= 4 is 29.3 Å². The first-order chi connectivity index (χ1) is 6.99. The van der Waals surface area contributed by atoms with Crippen molar-refractivity contribution < 1.29 is 9.90 Å². The first-order valence-electron chi connectivity index (χ1n) is 4.52. The lowest BCUT2D eigenvalue weighted by Gasteiger charge is -2.05. The molecule has 1 aromatic heterocycles. The van der Waals surface area contributed by atoms with Crippen LogP contribution in [0.2, 0.25) is 5.15 Å². The van der Waals surface area contributed by atoms with E-state index in [4.69, 9.17) is 16.7 Å². The van der Waals surface area contributed by atoms with E-state index in [1.807, 2.05) is 0 Å². The summed E-state index contributed by atoms with van der Waals surface area (Å²) in [4.78, 5) is 14.8. The van der Waals surface area contributed by atoms with Gasteiger partial charge in [0.15, 0.2) is 0 Å². The highest BCUT2D eigenvalue weighted by Crippen LogP contribution is 2.22. The van der Waals surface area contributed by atoms with Gasteiger partial charge in [-0.2, -0.15) is 0 Å². The fraction of sp³-hybridized carbons (Fsp3) is 0.400. The van der Waals surface area contributed by atoms with E-state index < -0.39 is 5.97 Å². The summed E-state index contributed by atoms with van der Waals surface area (Å²) in [5.74, 6) is 0.446. The molecule has 5 heteroatoms. The summed E-state index contributed by atoms with van der Waals surface area (Å²) in [5, 5.41) is 9.70. The third-order valence-electron chi connectivity index (χ3n) is 1.58. The van der Waals surface area contributed by atoms with Gasteiger partial charge in [-0.25, -0.2) is 9.78 Å². The Bertz CT molecular complexity index is 368. The zero-order valence-electron chi connectivity index (χ0n) is 8.53. The summed E-state index contributed by atoms with van der Waals surface area (Å²) in [7, 11) is 0. The lowest BCUT2D eigenvalue weighted by molar-refractivity contribution is 0.0696. The summed E-state index contributed by atoms with van der Waals surface area (Å²) in [6, 6.07) is 2.89. The van der Waals surface area contributed by atoms with Gasteiger partial charge in [0.25, 0.3) is 0 Å². The Morgan fingerprint density at radius 1 is 1.60 bits per heavy atom. The van der Waals surface area contributed by atoms with Gasteiger partial charge in [-0.1, -0.05) is 25.4 Å². The summed E-state index contributed by atoms with van der Waals surface area (Å²) in [5.41, 5.74) is 0.182. The SMILES string of the molecule is CC(C)CSc1cc(C(=O)O)cc(Cl)n1. The van der Waals surface area contributed by atoms with Crippen LogP contribution in [-0.4, -0.2) is 21.8 Å². The van der Waals surface area contributed by atoms with Crippen LogP contribution in [0.4, 0.5) is 0 Å². The van der Waals surface area contributed by atoms with E-state index in [9.17, 15) is 4.79 Å². The smallest absolute Gasteiger partial charge is 0.335 e. The quantitative estimate of drug-likeness (QED) is 0.654. The number of carboxylic acid groups (broad SMARTS) is 1. The number of rotatable bonds is 4. The molecule has 1 N–H and O–H groups in total. The Morgan fingerprint density at radius 2 is 2.27 bits per heavy atom. The molecule has 0 amide bonds. The maximum absolute atomic E-state index is 10.7. The van der Waals surface area contributed by atoms with Gasteiger partial charge < -0.3 is 5.11 Å². The van der Waals surface area contributed by atoms with E-state index in [2.05, 4.69) is 18.8 Å². The predicted molar refractivity (Wildman–Crippen MR) is 61.8 cm³/mol. The Kier molecular flexibility index (Phi) is 4.42. The first kappa shape index (κ1) is 12.3. The van der Waals surface area contributed by atoms with Gasteiger partial charge in [0.2, 0.25) is 0 Å². The second kappa shape index (κ2) is 5.37. The molecule has 0 saturated carbocycles. The lowest BCUT2D eigenvalue weighted by atomic mass is 10.3. The van der Waals surface area contributed by atoms with Crippen molar-refractivity contribution in [2.24, 2.45) is 5.92 Å². The topological polar surface area (TPSA) is 50.2 Å². The molecule has 15 heavy (non-hydrogen) atoms. The molecule has 0 aliphatic rings. The zero-order chi connectivity index (χ0) is 11.4. The van der Waals surface area contributed by atoms with Crippen LogP contribution in [0.5, 0.6) is 0 Å². The van der Waals surface area contributed by atoms with Crippen molar-refractivity contribution in [2.45, 2.75) is 18.9 Å². The minimum atomic E-state index is -0.981. The van der Waals surface area contributed by atoms with E-state index in [0.717, 1.165) is 5.75 Å². The molecular weight excluding hydrogens is 234 g/mol. The highest BCUT2D eigenvalue weighted by molar-refractivity contribution is 7.99. The summed E-state index contributed by atoms with van der Waals surface area (Å²) in [6.45, 7) is 4.19. The minimum absolute atomic E-state index is 0.182. The molecule has 0 aromatic carbocycles. The van der Waals surface area contributed by atoms with Gasteiger partial charge in [-0.15, -0.1) is 11.8 Å². The van der Waals surface area contributed by atoms with Crippen LogP contribution in [0, 0.1) is 5.92 Å². The van der Waals surface area contributed by atoms with E-state index >= 15 is 0 Å². The maximum Gasteiger partial charge on any atom is 0.335 e. The van der Waals surface area contributed by atoms with Crippen LogP contribution in [0.25, 0.3) is 0 Å². The van der Waals surface area contributed by atoms with Gasteiger partial charge in [0, 0.05) is 5.75 Å². The normalized spacial score (nSPS) is 10.7. The van der Waals surface area contributed by atoms with Gasteiger partial charge in [0.1, 0.15) is 5.15 Å². The summed E-state index contributed by atoms with van der Waals surface area (Å²) in [6.07, 6.45) is 0. The number of hydrogen-bond donors (Lipinski definition) is 1. The molecule has 0 fully saturated rings. The number of hydrogen-bond acceptors (Lipinski definition) is 3. The first-order valence-corrected chi connectivity index (χ1v) is 5.89. The lowest BCUT2D eigenvalue weighted by Crippen LogP contribution is -1.99. The van der Waals surface area contributed by atoms with Crippen LogP contribution in [0.15, 0.2) is 17.2 Å². The van der Waals surface area contributed by atoms with Gasteiger partial charge in [-0.05, 0) is 18.1 Å². The maximum atomic E-state index is 10.7. The molecule has 0 spiro atoms. The van der Waals surface area contributed by atoms with Crippen molar-refractivity contribution in [3.05, 3.63) is 22.8 Å². The molecule has 0 atom stereocenters. The Morgan fingerprint density at radius 3 is 2.80 bits per heavy atom. The molecule has 0 bridgehead atoms. The number of carbonyl (C=O) groups is 1. The molecule has 0 saturated heterocycles. The van der Waals surface area contributed by atoms with Crippen molar-refractivity contribution in [2.75, 3.05) is 5.75 Å². The van der Waals surface area contributed by atoms with E-state index in [-0.39, 0.29) is 10.7 Å². The van der Waals surface area contributed by atoms with E-state index in [1.54, 1.807) is 6.07 Å². The molecule has 82 valence electrons. The van der Waals surface area contributed by atoms with Crippen LogP contribution < -0.4 is 0 Å². The Hall–Kier alpha value is -0.740. The van der Waals surface area contributed by atoms with E-state index in [1.165, 1.54) is 17.8 Å². The molecule has 1 aromatic rings. The van der Waals surface area contributed by atoms with Crippen molar-refractivity contribution in [1.29, 1.82) is 0 Å². The molecule has 0 unspecified atom stereocenters. The average molecular weight is 246 g/mol. The number of nitrogens with zero attached hydrogens (tertiary/aromatic N) is 1. The Labute approximate surface area is 97.9 Å². The van der Waals surface area contributed by atoms with E-state index in [0.29, 0.717) is 10.9 Å². The number of thioether (sulfide) groups is 1.